The van der Waals surface area contributed by atoms with Crippen molar-refractivity contribution in [1.82, 2.24) is 4.98 Å². The molecule has 0 bridgehead atoms. The molecule has 0 aliphatic carbocycles. The molecule has 0 unspecified atom stereocenters. The zero-order valence-corrected chi connectivity index (χ0v) is 15.8. The van der Waals surface area contributed by atoms with Crippen LogP contribution in [0.2, 0.25) is 0 Å². The van der Waals surface area contributed by atoms with Crippen LogP contribution in [0.5, 0.6) is 0 Å². The average molecular weight is 377 g/mol. The summed E-state index contributed by atoms with van der Waals surface area (Å²) in [7, 11) is 0. The maximum Gasteiger partial charge on any atom is 0.340 e. The number of carbonyl (C=O) groups is 2. The second-order valence-electron chi connectivity index (χ2n) is 7.07. The van der Waals surface area contributed by atoms with Gasteiger partial charge in [0.15, 0.2) is 6.61 Å². The molecule has 144 valence electrons. The van der Waals surface area contributed by atoms with Crippen LogP contribution in [0.4, 0.5) is 11.4 Å². The summed E-state index contributed by atoms with van der Waals surface area (Å²) in [5, 5.41) is 3.57. The van der Waals surface area contributed by atoms with Gasteiger partial charge < -0.3 is 19.9 Å². The lowest BCUT2D eigenvalue weighted by Crippen LogP contribution is -2.21. The molecule has 3 aromatic rings. The van der Waals surface area contributed by atoms with Crippen molar-refractivity contribution < 1.29 is 14.3 Å². The molecule has 1 amide bonds. The number of benzene rings is 2. The molecule has 2 aromatic carbocycles. The summed E-state index contributed by atoms with van der Waals surface area (Å²) >= 11 is 0. The van der Waals surface area contributed by atoms with Crippen molar-refractivity contribution in [3.63, 3.8) is 0 Å². The van der Waals surface area contributed by atoms with Crippen molar-refractivity contribution in [2.45, 2.75) is 19.8 Å². The molecule has 1 fully saturated rings. The molecule has 2 N–H and O–H groups in total. The fourth-order valence-electron chi connectivity index (χ4n) is 3.69. The summed E-state index contributed by atoms with van der Waals surface area (Å²) in [6.45, 7) is 3.87. The molecule has 4 rings (SSSR count). The number of aromatic amines is 1. The van der Waals surface area contributed by atoms with Crippen molar-refractivity contribution in [3.8, 4) is 0 Å². The first kappa shape index (κ1) is 18.1. The van der Waals surface area contributed by atoms with Crippen molar-refractivity contribution in [1.29, 1.82) is 0 Å². The van der Waals surface area contributed by atoms with Crippen LogP contribution in [0.1, 0.15) is 28.8 Å². The number of anilines is 2. The van der Waals surface area contributed by atoms with Crippen molar-refractivity contribution >= 4 is 34.2 Å². The Hall–Kier alpha value is -3.28. The van der Waals surface area contributed by atoms with Gasteiger partial charge in [-0.25, -0.2) is 4.79 Å². The summed E-state index contributed by atoms with van der Waals surface area (Å²) in [4.78, 5) is 29.9. The SMILES string of the molecule is Cc1cc(NC(=O)COC(=O)c2c[nH]c3ccccc23)ccc1N1CCCC1. The zero-order valence-electron chi connectivity index (χ0n) is 15.8. The maximum atomic E-state index is 12.3. The summed E-state index contributed by atoms with van der Waals surface area (Å²) in [6.07, 6.45) is 4.05. The number of aromatic nitrogens is 1. The van der Waals surface area contributed by atoms with Gasteiger partial charge in [-0.2, -0.15) is 0 Å². The van der Waals surface area contributed by atoms with E-state index in [9.17, 15) is 9.59 Å². The highest BCUT2D eigenvalue weighted by molar-refractivity contribution is 6.05. The maximum absolute atomic E-state index is 12.3. The van der Waals surface area contributed by atoms with E-state index in [2.05, 4.69) is 15.2 Å². The predicted molar refractivity (Wildman–Crippen MR) is 110 cm³/mol. The Morgan fingerprint density at radius 3 is 2.71 bits per heavy atom. The Morgan fingerprint density at radius 1 is 1.14 bits per heavy atom. The third kappa shape index (κ3) is 3.71. The largest absolute Gasteiger partial charge is 0.452 e. The quantitative estimate of drug-likeness (QED) is 0.662. The molecule has 0 saturated carbocycles. The number of para-hydroxylation sites is 1. The van der Waals surface area contributed by atoms with Crippen LogP contribution in [-0.2, 0) is 9.53 Å². The minimum atomic E-state index is -0.520. The van der Waals surface area contributed by atoms with Crippen LogP contribution < -0.4 is 10.2 Å². The molecule has 28 heavy (non-hydrogen) atoms. The van der Waals surface area contributed by atoms with E-state index in [0.717, 1.165) is 29.6 Å². The van der Waals surface area contributed by atoms with Gasteiger partial charge in [0.2, 0.25) is 0 Å². The van der Waals surface area contributed by atoms with Crippen LogP contribution in [0.3, 0.4) is 0 Å². The third-order valence-electron chi connectivity index (χ3n) is 5.07. The number of hydrogen-bond donors (Lipinski definition) is 2. The molecule has 1 aliphatic rings. The number of H-pyrrole nitrogens is 1. The van der Waals surface area contributed by atoms with Crippen molar-refractivity contribution in [2.75, 3.05) is 29.9 Å². The Bertz CT molecular complexity index is 1020. The highest BCUT2D eigenvalue weighted by atomic mass is 16.5. The average Bonchev–Trinajstić information content (AvgIpc) is 3.36. The Balaban J connectivity index is 1.35. The van der Waals surface area contributed by atoms with E-state index >= 15 is 0 Å². The first-order valence-corrected chi connectivity index (χ1v) is 9.50. The van der Waals surface area contributed by atoms with Crippen molar-refractivity contribution in [3.05, 3.63) is 59.8 Å². The van der Waals surface area contributed by atoms with E-state index in [-0.39, 0.29) is 12.5 Å². The molecule has 1 aromatic heterocycles. The van der Waals surface area contributed by atoms with E-state index in [1.54, 1.807) is 6.20 Å². The third-order valence-corrected chi connectivity index (χ3v) is 5.07. The Kier molecular flexibility index (Phi) is 5.02. The van der Waals surface area contributed by atoms with Gasteiger partial charge in [0.25, 0.3) is 5.91 Å². The Morgan fingerprint density at radius 2 is 1.93 bits per heavy atom. The monoisotopic (exact) mass is 377 g/mol. The lowest BCUT2D eigenvalue weighted by molar-refractivity contribution is -0.119. The van der Waals surface area contributed by atoms with Gasteiger partial charge >= 0.3 is 5.97 Å². The number of nitrogens with zero attached hydrogens (tertiary/aromatic N) is 1. The number of rotatable bonds is 5. The molecular weight excluding hydrogens is 354 g/mol. The van der Waals surface area contributed by atoms with E-state index in [1.807, 2.05) is 49.4 Å². The molecule has 0 radical (unpaired) electrons. The molecular formula is C22H23N3O3. The van der Waals surface area contributed by atoms with Gasteiger partial charge in [-0.3, -0.25) is 4.79 Å². The van der Waals surface area contributed by atoms with Gasteiger partial charge in [-0.05, 0) is 49.6 Å². The molecule has 1 saturated heterocycles. The van der Waals surface area contributed by atoms with Crippen LogP contribution >= 0.6 is 0 Å². The standard InChI is InChI=1S/C22H23N3O3/c1-15-12-16(8-9-20(15)25-10-4-5-11-25)24-21(26)14-28-22(27)18-13-23-19-7-3-2-6-17(18)19/h2-3,6-9,12-13,23H,4-5,10-11,14H2,1H3,(H,24,26). The van der Waals surface area contributed by atoms with Crippen molar-refractivity contribution in [2.24, 2.45) is 0 Å². The summed E-state index contributed by atoms with van der Waals surface area (Å²) < 4.78 is 5.18. The summed E-state index contributed by atoms with van der Waals surface area (Å²) in [6, 6.07) is 13.3. The predicted octanol–water partition coefficient (Wildman–Crippen LogP) is 3.87. The summed E-state index contributed by atoms with van der Waals surface area (Å²) in [5.41, 5.74) is 4.31. The van der Waals surface area contributed by atoms with E-state index < -0.39 is 5.97 Å². The number of carbonyl (C=O) groups excluding carboxylic acids is 2. The number of amides is 1. The topological polar surface area (TPSA) is 74.4 Å². The van der Waals surface area contributed by atoms with Crippen LogP contribution in [-0.4, -0.2) is 36.6 Å². The minimum absolute atomic E-state index is 0.328. The highest BCUT2D eigenvalue weighted by Gasteiger charge is 2.16. The van der Waals surface area contributed by atoms with Gasteiger partial charge in [0.05, 0.1) is 5.56 Å². The van der Waals surface area contributed by atoms with Crippen LogP contribution in [0.25, 0.3) is 10.9 Å². The molecule has 6 heteroatoms. The number of hydrogen-bond acceptors (Lipinski definition) is 4. The highest BCUT2D eigenvalue weighted by Crippen LogP contribution is 2.26. The molecule has 0 atom stereocenters. The number of ether oxygens (including phenoxy) is 1. The van der Waals surface area contributed by atoms with Gasteiger partial charge in [-0.15, -0.1) is 0 Å². The zero-order chi connectivity index (χ0) is 19.5. The van der Waals surface area contributed by atoms with Crippen LogP contribution in [0.15, 0.2) is 48.7 Å². The van der Waals surface area contributed by atoms with Gasteiger partial charge in [-0.1, -0.05) is 18.2 Å². The number of fused-ring (bicyclic) bond motifs is 1. The second kappa shape index (κ2) is 7.76. The van der Waals surface area contributed by atoms with Gasteiger partial charge in [0.1, 0.15) is 0 Å². The number of nitrogens with one attached hydrogen (secondary N) is 2. The summed E-state index contributed by atoms with van der Waals surface area (Å²) in [5.74, 6) is -0.880. The molecule has 1 aliphatic heterocycles. The van der Waals surface area contributed by atoms with E-state index in [0.29, 0.717) is 11.3 Å². The lowest BCUT2D eigenvalue weighted by Gasteiger charge is -2.20. The Labute approximate surface area is 163 Å². The number of aryl methyl sites for hydroxylation is 1. The molecule has 6 nitrogen and oxygen atoms in total. The fourth-order valence-corrected chi connectivity index (χ4v) is 3.69. The lowest BCUT2D eigenvalue weighted by atomic mass is 10.1. The second-order valence-corrected chi connectivity index (χ2v) is 7.07. The smallest absolute Gasteiger partial charge is 0.340 e. The van der Waals surface area contributed by atoms with Crippen LogP contribution in [0, 0.1) is 6.92 Å². The van der Waals surface area contributed by atoms with Gasteiger partial charge in [0, 0.05) is 41.6 Å². The minimum Gasteiger partial charge on any atom is -0.452 e. The fraction of sp³-hybridized carbons (Fsp3) is 0.273. The molecule has 2 heterocycles. The first-order valence-electron chi connectivity index (χ1n) is 9.50. The van der Waals surface area contributed by atoms with E-state index in [1.165, 1.54) is 18.5 Å². The normalized spacial score (nSPS) is 13.7. The molecule has 0 spiro atoms. The van der Waals surface area contributed by atoms with E-state index in [4.69, 9.17) is 4.74 Å². The first-order chi connectivity index (χ1) is 13.6. The number of esters is 1.